The fourth-order valence-corrected chi connectivity index (χ4v) is 8.61. The molecule has 14 nitrogen and oxygen atoms in total. The van der Waals surface area contributed by atoms with Gasteiger partial charge in [-0.05, 0) is 67.8 Å². The van der Waals surface area contributed by atoms with Crippen LogP contribution in [0.4, 0.5) is 0 Å². The predicted molar refractivity (Wildman–Crippen MR) is 222 cm³/mol. The molecule has 0 aliphatic carbocycles. The summed E-state index contributed by atoms with van der Waals surface area (Å²) in [5.41, 5.74) is 11.6. The van der Waals surface area contributed by atoms with Gasteiger partial charge in [-0.2, -0.15) is 0 Å². The van der Waals surface area contributed by atoms with Crippen LogP contribution >= 0.6 is 0 Å². The fourth-order valence-electron chi connectivity index (χ4n) is 8.61. The third kappa shape index (κ3) is 7.58. The van der Waals surface area contributed by atoms with Gasteiger partial charge in [-0.25, -0.2) is 4.79 Å². The molecular formula is C45H51N5O9. The average Bonchev–Trinajstić information content (AvgIpc) is 3.22. The SMILES string of the molecule is CC=C(CNCC)C(=O)OC1Cc2c3c(c4oc(CO)cc(=O)c4c2O)C(C2=CCNC(N)=C2)C(CO)(c2cccc(O)c2)C#CCC(CC2=CNC(N)C=C2)C1(C)O3. The van der Waals surface area contributed by atoms with E-state index in [1.54, 1.807) is 31.2 Å². The molecule has 310 valence electrons. The molecule has 6 atom stereocenters. The second-order valence-electron chi connectivity index (χ2n) is 15.5. The van der Waals surface area contributed by atoms with Gasteiger partial charge in [-0.15, -0.1) is 5.92 Å². The van der Waals surface area contributed by atoms with Crippen LogP contribution in [-0.4, -0.2) is 70.5 Å². The molecule has 7 rings (SSSR count). The summed E-state index contributed by atoms with van der Waals surface area (Å²) in [6.07, 6.45) is 9.89. The van der Waals surface area contributed by atoms with Crippen LogP contribution in [0.5, 0.6) is 17.2 Å². The minimum Gasteiger partial charge on any atom is -0.508 e. The van der Waals surface area contributed by atoms with Gasteiger partial charge in [0.15, 0.2) is 5.43 Å². The number of phenolic OH excluding ortho intramolecular Hbond substituents is 2. The number of aromatic hydroxyl groups is 2. The standard InChI is InChI=1S/C45H51N5O9/c1-4-26(22-48-5-2)43(56)58-34-20-32-40(55)37-33(54)19-31(23-51)57-42(37)38-39(27-13-15-49-36(47)17-27)45(24-52,29-8-6-10-30(53)18-29)14-7-9-28(44(34,3)59-41(32)38)16-25-11-12-35(46)50-21-25/h4,6,8,10-13,17-19,21,28,34-35,39,48-53,55H,5,9,15-16,20,22-24,46-47H2,1-3H3. The van der Waals surface area contributed by atoms with Crippen molar-refractivity contribution in [2.45, 2.75) is 75.8 Å². The molecule has 5 heterocycles. The molecule has 0 amide bonds. The number of dihydropyridines is 2. The van der Waals surface area contributed by atoms with Gasteiger partial charge >= 0.3 is 5.97 Å². The Labute approximate surface area is 342 Å². The average molecular weight is 806 g/mol. The van der Waals surface area contributed by atoms with Gasteiger partial charge in [-0.1, -0.05) is 43.2 Å². The van der Waals surface area contributed by atoms with Gasteiger partial charge in [0.1, 0.15) is 52.3 Å². The van der Waals surface area contributed by atoms with Crippen LogP contribution in [0.3, 0.4) is 0 Å². The number of nitrogens with one attached hydrogen (secondary N) is 3. The number of carbonyl (C=O) groups is 1. The molecule has 0 fully saturated rings. The quantitative estimate of drug-likeness (QED) is 0.0771. The first kappa shape index (κ1) is 41.2. The van der Waals surface area contributed by atoms with Crippen molar-refractivity contribution >= 4 is 16.9 Å². The van der Waals surface area contributed by atoms with E-state index < -0.39 is 59.3 Å². The summed E-state index contributed by atoms with van der Waals surface area (Å²) in [7, 11) is 0. The molecule has 4 aliphatic heterocycles. The molecule has 14 heteroatoms. The molecule has 0 saturated heterocycles. The number of esters is 1. The minimum atomic E-state index is -1.57. The summed E-state index contributed by atoms with van der Waals surface area (Å²) in [5.74, 6) is 4.61. The maximum Gasteiger partial charge on any atom is 0.335 e. The maximum absolute atomic E-state index is 14.1. The number of hydrogen-bond acceptors (Lipinski definition) is 14. The summed E-state index contributed by atoms with van der Waals surface area (Å²) in [6, 6.07) is 7.55. The van der Waals surface area contributed by atoms with Crippen molar-refractivity contribution in [2.75, 3.05) is 26.2 Å². The molecule has 11 N–H and O–H groups in total. The lowest BCUT2D eigenvalue weighted by molar-refractivity contribution is -0.164. The number of hydrogen-bond donors (Lipinski definition) is 9. The number of benzene rings is 2. The van der Waals surface area contributed by atoms with E-state index in [9.17, 15) is 30.0 Å². The highest BCUT2D eigenvalue weighted by Gasteiger charge is 2.54. The molecule has 2 bridgehead atoms. The number of carbonyl (C=O) groups excluding carboxylic acids is 1. The van der Waals surface area contributed by atoms with Crippen molar-refractivity contribution in [1.29, 1.82) is 0 Å². The summed E-state index contributed by atoms with van der Waals surface area (Å²) >= 11 is 0. The molecule has 0 radical (unpaired) electrons. The van der Waals surface area contributed by atoms with Crippen molar-refractivity contribution in [3.05, 3.63) is 122 Å². The number of rotatable bonds is 11. The van der Waals surface area contributed by atoms with Crippen LogP contribution < -0.4 is 37.6 Å². The fraction of sp³-hybridized carbons (Fsp3) is 0.378. The van der Waals surface area contributed by atoms with E-state index in [0.717, 1.165) is 11.6 Å². The van der Waals surface area contributed by atoms with Crippen LogP contribution in [0.2, 0.25) is 0 Å². The van der Waals surface area contributed by atoms with Crippen LogP contribution in [0.1, 0.15) is 62.0 Å². The van der Waals surface area contributed by atoms with E-state index in [1.807, 2.05) is 38.3 Å². The first-order chi connectivity index (χ1) is 28.4. The molecule has 4 aliphatic rings. The van der Waals surface area contributed by atoms with E-state index in [0.29, 0.717) is 42.0 Å². The number of phenols is 2. The van der Waals surface area contributed by atoms with Gasteiger partial charge in [0, 0.05) is 66.7 Å². The van der Waals surface area contributed by atoms with E-state index >= 15 is 0 Å². The monoisotopic (exact) mass is 805 g/mol. The second-order valence-corrected chi connectivity index (χ2v) is 15.5. The van der Waals surface area contributed by atoms with Crippen LogP contribution in [-0.2, 0) is 28.0 Å². The topological polar surface area (TPSA) is 235 Å². The first-order valence-electron chi connectivity index (χ1n) is 19.8. The number of aliphatic hydroxyl groups is 2. The number of likely N-dealkylation sites (N-methyl/N-ethyl adjacent to an activating group) is 1. The molecule has 2 aromatic carbocycles. The van der Waals surface area contributed by atoms with E-state index in [2.05, 4.69) is 27.8 Å². The van der Waals surface area contributed by atoms with Crippen molar-refractivity contribution in [3.8, 4) is 29.1 Å². The number of nitrogens with two attached hydrogens (primary N) is 2. The number of aliphatic hydroxyl groups excluding tert-OH is 2. The maximum atomic E-state index is 14.1. The van der Waals surface area contributed by atoms with Crippen molar-refractivity contribution in [3.63, 3.8) is 0 Å². The molecular weight excluding hydrogens is 755 g/mol. The van der Waals surface area contributed by atoms with Gasteiger partial charge in [0.05, 0.1) is 24.0 Å². The largest absolute Gasteiger partial charge is 0.508 e. The Balaban J connectivity index is 1.59. The third-order valence-electron chi connectivity index (χ3n) is 11.8. The Morgan fingerprint density at radius 1 is 1.22 bits per heavy atom. The highest BCUT2D eigenvalue weighted by Crippen LogP contribution is 2.57. The van der Waals surface area contributed by atoms with Gasteiger partial charge < -0.3 is 61.7 Å². The lowest BCUT2D eigenvalue weighted by atomic mass is 9.63. The Hall–Kier alpha value is -5.98. The summed E-state index contributed by atoms with van der Waals surface area (Å²) in [6.45, 7) is 5.50. The van der Waals surface area contributed by atoms with E-state index in [-0.39, 0.29) is 64.9 Å². The molecule has 0 saturated carbocycles. The lowest BCUT2D eigenvalue weighted by Crippen LogP contribution is -2.57. The second kappa shape index (κ2) is 16.7. The molecule has 3 aromatic rings. The summed E-state index contributed by atoms with van der Waals surface area (Å²) in [4.78, 5) is 28.1. The third-order valence-corrected chi connectivity index (χ3v) is 11.8. The Kier molecular flexibility index (Phi) is 11.7. The Morgan fingerprint density at radius 3 is 2.71 bits per heavy atom. The number of ether oxygens (including phenoxy) is 2. The minimum absolute atomic E-state index is 0.0725. The summed E-state index contributed by atoms with van der Waals surface area (Å²) in [5, 5.41) is 54.5. The summed E-state index contributed by atoms with van der Waals surface area (Å²) < 4.78 is 20.1. The zero-order chi connectivity index (χ0) is 42.1. The van der Waals surface area contributed by atoms with Crippen molar-refractivity contribution < 1.29 is 39.1 Å². The van der Waals surface area contributed by atoms with Gasteiger partial charge in [0.25, 0.3) is 0 Å². The van der Waals surface area contributed by atoms with Crippen LogP contribution in [0.15, 0.2) is 98.7 Å². The van der Waals surface area contributed by atoms with Crippen LogP contribution in [0, 0.1) is 17.8 Å². The highest BCUT2D eigenvalue weighted by molar-refractivity contribution is 5.92. The molecule has 59 heavy (non-hydrogen) atoms. The van der Waals surface area contributed by atoms with Crippen LogP contribution in [0.25, 0.3) is 11.0 Å². The molecule has 6 unspecified atom stereocenters. The lowest BCUT2D eigenvalue weighted by Gasteiger charge is -2.48. The molecule has 0 spiro atoms. The smallest absolute Gasteiger partial charge is 0.335 e. The van der Waals surface area contributed by atoms with E-state index in [1.165, 1.54) is 12.1 Å². The normalized spacial score (nSPS) is 26.2. The molecule has 1 aromatic heterocycles. The highest BCUT2D eigenvalue weighted by atomic mass is 16.6. The predicted octanol–water partition coefficient (Wildman–Crippen LogP) is 2.94. The first-order valence-corrected chi connectivity index (χ1v) is 19.8. The van der Waals surface area contributed by atoms with Gasteiger partial charge in [-0.3, -0.25) is 4.79 Å². The van der Waals surface area contributed by atoms with E-state index in [4.69, 9.17) is 25.4 Å². The Morgan fingerprint density at radius 2 is 2.03 bits per heavy atom. The zero-order valence-electron chi connectivity index (χ0n) is 33.3. The van der Waals surface area contributed by atoms with Crippen molar-refractivity contribution in [1.82, 2.24) is 16.0 Å². The Bertz CT molecular complexity index is 2440. The van der Waals surface area contributed by atoms with Gasteiger partial charge in [0.2, 0.25) is 0 Å². The number of allylic oxidation sites excluding steroid dienone is 5. The van der Waals surface area contributed by atoms with Crippen molar-refractivity contribution in [2.24, 2.45) is 17.4 Å². The number of fused-ring (bicyclic) bond motifs is 3. The zero-order valence-corrected chi connectivity index (χ0v) is 33.3.